The third-order valence-corrected chi connectivity index (χ3v) is 7.71. The van der Waals surface area contributed by atoms with E-state index in [9.17, 15) is 4.79 Å². The molecular formula is C24H36N4OS. The van der Waals surface area contributed by atoms with Crippen molar-refractivity contribution in [1.82, 2.24) is 14.9 Å². The highest BCUT2D eigenvalue weighted by Gasteiger charge is 2.26. The van der Waals surface area contributed by atoms with Gasteiger partial charge in [0.05, 0.1) is 5.39 Å². The molecule has 0 saturated carbocycles. The molecule has 2 aromatic heterocycles. The van der Waals surface area contributed by atoms with Crippen LogP contribution in [-0.2, 0) is 24.1 Å². The predicted octanol–water partition coefficient (Wildman–Crippen LogP) is 5.14. The monoisotopic (exact) mass is 428 g/mol. The first-order valence-corrected chi connectivity index (χ1v) is 12.9. The molecule has 30 heavy (non-hydrogen) atoms. The number of rotatable bonds is 7. The third kappa shape index (κ3) is 4.63. The van der Waals surface area contributed by atoms with Gasteiger partial charge in [-0.3, -0.25) is 4.79 Å². The maximum absolute atomic E-state index is 12.5. The lowest BCUT2D eigenvalue weighted by Crippen LogP contribution is -2.49. The molecule has 0 atom stereocenters. The smallest absolute Gasteiger partial charge is 0.222 e. The van der Waals surface area contributed by atoms with Gasteiger partial charge in [-0.15, -0.1) is 11.3 Å². The molecule has 5 nitrogen and oxygen atoms in total. The second-order valence-electron chi connectivity index (χ2n) is 8.78. The minimum absolute atomic E-state index is 0.317. The fourth-order valence-electron chi connectivity index (χ4n) is 4.69. The van der Waals surface area contributed by atoms with Gasteiger partial charge in [0.1, 0.15) is 16.5 Å². The molecule has 0 N–H and O–H groups in total. The van der Waals surface area contributed by atoms with Gasteiger partial charge in [-0.1, -0.05) is 33.1 Å². The molecule has 1 amide bonds. The largest absolute Gasteiger partial charge is 0.352 e. The van der Waals surface area contributed by atoms with Crippen LogP contribution < -0.4 is 4.90 Å². The summed E-state index contributed by atoms with van der Waals surface area (Å²) >= 11 is 1.91. The minimum atomic E-state index is 0.317. The number of fused-ring (bicyclic) bond motifs is 3. The van der Waals surface area contributed by atoms with E-state index in [1.165, 1.54) is 41.5 Å². The lowest BCUT2D eigenvalue weighted by Gasteiger charge is -2.36. The highest BCUT2D eigenvalue weighted by atomic mass is 32.1. The zero-order valence-corrected chi connectivity index (χ0v) is 19.5. The van der Waals surface area contributed by atoms with E-state index < -0.39 is 0 Å². The standard InChI is InChI=1S/C24H36N4OS/c1-3-5-12-20-25-23(28-16-14-27(15-17-28)21(29)13-6-4-2)22-18-10-8-7-9-11-19(18)30-24(22)26-20/h3-17H2,1-2H3. The Morgan fingerprint density at radius 2 is 1.73 bits per heavy atom. The Labute approximate surface area is 184 Å². The number of aromatic nitrogens is 2. The van der Waals surface area contributed by atoms with Gasteiger partial charge in [0.2, 0.25) is 5.91 Å². The topological polar surface area (TPSA) is 49.3 Å². The van der Waals surface area contributed by atoms with Crippen molar-refractivity contribution in [2.75, 3.05) is 31.1 Å². The first-order chi connectivity index (χ1) is 14.7. The highest BCUT2D eigenvalue weighted by molar-refractivity contribution is 7.19. The SMILES string of the molecule is CCCCC(=O)N1CCN(c2nc(CCCC)nc3sc4c(c23)CCCCC4)CC1. The van der Waals surface area contributed by atoms with E-state index in [-0.39, 0.29) is 0 Å². The number of thiophene rings is 1. The first-order valence-electron chi connectivity index (χ1n) is 12.0. The second-order valence-corrected chi connectivity index (χ2v) is 9.87. The van der Waals surface area contributed by atoms with Crippen molar-refractivity contribution in [2.45, 2.75) is 84.5 Å². The number of nitrogens with zero attached hydrogens (tertiary/aromatic N) is 4. The van der Waals surface area contributed by atoms with E-state index in [2.05, 4.69) is 23.6 Å². The van der Waals surface area contributed by atoms with Crippen molar-refractivity contribution in [3.8, 4) is 0 Å². The van der Waals surface area contributed by atoms with Crippen LogP contribution in [0.15, 0.2) is 0 Å². The van der Waals surface area contributed by atoms with Crippen molar-refractivity contribution >= 4 is 33.3 Å². The van der Waals surface area contributed by atoms with Crippen LogP contribution in [0.1, 0.15) is 81.5 Å². The Hall–Kier alpha value is -1.69. The molecule has 0 unspecified atom stereocenters. The molecule has 1 saturated heterocycles. The average Bonchev–Trinajstić information content (AvgIpc) is 2.96. The maximum atomic E-state index is 12.5. The predicted molar refractivity (Wildman–Crippen MR) is 126 cm³/mol. The van der Waals surface area contributed by atoms with Gasteiger partial charge in [0, 0.05) is 43.9 Å². The normalized spacial score (nSPS) is 17.3. The summed E-state index contributed by atoms with van der Waals surface area (Å²) in [4.78, 5) is 29.8. The van der Waals surface area contributed by atoms with E-state index in [1.807, 2.05) is 11.3 Å². The number of hydrogen-bond donors (Lipinski definition) is 0. The van der Waals surface area contributed by atoms with Gasteiger partial charge >= 0.3 is 0 Å². The van der Waals surface area contributed by atoms with Crippen LogP contribution in [0, 0.1) is 0 Å². The molecule has 0 radical (unpaired) electrons. The minimum Gasteiger partial charge on any atom is -0.352 e. The van der Waals surface area contributed by atoms with Gasteiger partial charge in [-0.05, 0) is 44.1 Å². The summed E-state index contributed by atoms with van der Waals surface area (Å²) in [7, 11) is 0. The molecule has 3 heterocycles. The molecule has 1 aliphatic carbocycles. The molecule has 1 aliphatic heterocycles. The number of piperazine rings is 1. The van der Waals surface area contributed by atoms with E-state index in [1.54, 1.807) is 4.88 Å². The molecule has 164 valence electrons. The van der Waals surface area contributed by atoms with E-state index in [4.69, 9.17) is 9.97 Å². The lowest BCUT2D eigenvalue weighted by atomic mass is 10.1. The number of carbonyl (C=O) groups excluding carboxylic acids is 1. The highest BCUT2D eigenvalue weighted by Crippen LogP contribution is 2.39. The van der Waals surface area contributed by atoms with Gasteiger partial charge in [0.15, 0.2) is 0 Å². The Morgan fingerprint density at radius 3 is 2.50 bits per heavy atom. The molecule has 1 fully saturated rings. The van der Waals surface area contributed by atoms with Crippen molar-refractivity contribution in [1.29, 1.82) is 0 Å². The fraction of sp³-hybridized carbons (Fsp3) is 0.708. The van der Waals surface area contributed by atoms with Crippen molar-refractivity contribution < 1.29 is 4.79 Å². The van der Waals surface area contributed by atoms with E-state index in [0.717, 1.165) is 76.3 Å². The third-order valence-electron chi connectivity index (χ3n) is 6.52. The van der Waals surface area contributed by atoms with Gasteiger partial charge in [-0.2, -0.15) is 0 Å². The number of aryl methyl sites for hydroxylation is 3. The van der Waals surface area contributed by atoms with Crippen LogP contribution >= 0.6 is 11.3 Å². The molecule has 2 aromatic rings. The lowest BCUT2D eigenvalue weighted by molar-refractivity contribution is -0.131. The molecule has 0 spiro atoms. The number of carbonyl (C=O) groups is 1. The summed E-state index contributed by atoms with van der Waals surface area (Å²) < 4.78 is 0. The first kappa shape index (κ1) is 21.5. The van der Waals surface area contributed by atoms with Crippen LogP contribution in [0.2, 0.25) is 0 Å². The second kappa shape index (κ2) is 10.1. The zero-order valence-electron chi connectivity index (χ0n) is 18.7. The van der Waals surface area contributed by atoms with Gasteiger partial charge < -0.3 is 9.80 Å². The summed E-state index contributed by atoms with van der Waals surface area (Å²) in [5, 5.41) is 1.32. The Balaban J connectivity index is 1.62. The maximum Gasteiger partial charge on any atom is 0.222 e. The summed E-state index contributed by atoms with van der Waals surface area (Å²) in [6.07, 6.45) is 12.3. The fourth-order valence-corrected chi connectivity index (χ4v) is 5.96. The molecular weight excluding hydrogens is 392 g/mol. The average molecular weight is 429 g/mol. The molecule has 0 bridgehead atoms. The van der Waals surface area contributed by atoms with Crippen LogP contribution in [0.5, 0.6) is 0 Å². The summed E-state index contributed by atoms with van der Waals surface area (Å²) in [6.45, 7) is 7.74. The van der Waals surface area contributed by atoms with Crippen LogP contribution in [-0.4, -0.2) is 47.0 Å². The number of amides is 1. The summed E-state index contributed by atoms with van der Waals surface area (Å²) in [5.74, 6) is 2.46. The van der Waals surface area contributed by atoms with Crippen molar-refractivity contribution in [2.24, 2.45) is 0 Å². The zero-order chi connectivity index (χ0) is 20.9. The van der Waals surface area contributed by atoms with Crippen LogP contribution in [0.3, 0.4) is 0 Å². The van der Waals surface area contributed by atoms with Crippen molar-refractivity contribution in [3.05, 3.63) is 16.3 Å². The Morgan fingerprint density at radius 1 is 0.967 bits per heavy atom. The Kier molecular flexibility index (Phi) is 7.24. The number of anilines is 1. The summed E-state index contributed by atoms with van der Waals surface area (Å²) in [6, 6.07) is 0. The quantitative estimate of drug-likeness (QED) is 0.573. The van der Waals surface area contributed by atoms with Crippen molar-refractivity contribution in [3.63, 3.8) is 0 Å². The van der Waals surface area contributed by atoms with Gasteiger partial charge in [0.25, 0.3) is 0 Å². The number of unbranched alkanes of at least 4 members (excludes halogenated alkanes) is 2. The molecule has 6 heteroatoms. The van der Waals surface area contributed by atoms with E-state index in [0.29, 0.717) is 12.3 Å². The molecule has 0 aromatic carbocycles. The van der Waals surface area contributed by atoms with E-state index >= 15 is 0 Å². The summed E-state index contributed by atoms with van der Waals surface area (Å²) in [5.41, 5.74) is 1.52. The molecule has 4 rings (SSSR count). The Bertz CT molecular complexity index is 870. The number of hydrogen-bond acceptors (Lipinski definition) is 5. The molecule has 2 aliphatic rings. The van der Waals surface area contributed by atoms with Crippen LogP contribution in [0.4, 0.5) is 5.82 Å². The van der Waals surface area contributed by atoms with Crippen LogP contribution in [0.25, 0.3) is 10.2 Å². The van der Waals surface area contributed by atoms with Gasteiger partial charge in [-0.25, -0.2) is 9.97 Å².